The molecule has 2 N–H and O–H groups in total. The van der Waals surface area contributed by atoms with Gasteiger partial charge in [0, 0.05) is 6.42 Å². The van der Waals surface area contributed by atoms with Crippen LogP contribution in [0.15, 0.2) is 12.1 Å². The second kappa shape index (κ2) is 6.61. The SMILES string of the molecule is Cc1cc(O)cc(C)c1C[C@@H]([C]=O)NC(=O)OC(C)(C)C. The quantitative estimate of drug-likeness (QED) is 0.894. The van der Waals surface area contributed by atoms with Crippen LogP contribution in [0, 0.1) is 13.8 Å². The highest BCUT2D eigenvalue weighted by Crippen LogP contribution is 2.21. The number of amides is 1. The number of aryl methyl sites for hydroxylation is 2. The highest BCUT2D eigenvalue weighted by molar-refractivity contribution is 5.74. The van der Waals surface area contributed by atoms with Gasteiger partial charge >= 0.3 is 6.09 Å². The van der Waals surface area contributed by atoms with Gasteiger partial charge in [-0.25, -0.2) is 4.79 Å². The molecule has 1 radical (unpaired) electrons. The number of hydrogen-bond donors (Lipinski definition) is 2. The van der Waals surface area contributed by atoms with E-state index in [1.54, 1.807) is 32.9 Å². The fraction of sp³-hybridized carbons (Fsp3) is 0.500. The molecule has 1 aromatic carbocycles. The maximum absolute atomic E-state index is 11.7. The fourth-order valence-corrected chi connectivity index (χ4v) is 2.07. The maximum atomic E-state index is 11.7. The molecule has 115 valence electrons. The van der Waals surface area contributed by atoms with Crippen molar-refractivity contribution < 1.29 is 19.4 Å². The Kier molecular flexibility index (Phi) is 5.35. The highest BCUT2D eigenvalue weighted by Gasteiger charge is 2.21. The predicted molar refractivity (Wildman–Crippen MR) is 80.1 cm³/mol. The van der Waals surface area contributed by atoms with Crippen LogP contribution >= 0.6 is 0 Å². The summed E-state index contributed by atoms with van der Waals surface area (Å²) >= 11 is 0. The molecule has 1 aromatic rings. The summed E-state index contributed by atoms with van der Waals surface area (Å²) in [4.78, 5) is 22.7. The summed E-state index contributed by atoms with van der Waals surface area (Å²) in [5, 5.41) is 12.0. The number of carbonyl (C=O) groups excluding carboxylic acids is 2. The predicted octanol–water partition coefficient (Wildman–Crippen LogP) is 2.55. The first-order chi connectivity index (χ1) is 9.62. The highest BCUT2D eigenvalue weighted by atomic mass is 16.6. The van der Waals surface area contributed by atoms with E-state index in [4.69, 9.17) is 4.74 Å². The second-order valence-electron chi connectivity index (χ2n) is 6.08. The molecule has 1 atom stereocenters. The summed E-state index contributed by atoms with van der Waals surface area (Å²) in [6, 6.07) is 2.46. The van der Waals surface area contributed by atoms with Crippen molar-refractivity contribution in [2.24, 2.45) is 0 Å². The van der Waals surface area contributed by atoms with Crippen molar-refractivity contribution in [1.82, 2.24) is 5.32 Å². The van der Waals surface area contributed by atoms with E-state index in [0.717, 1.165) is 16.7 Å². The van der Waals surface area contributed by atoms with Crippen LogP contribution in [-0.4, -0.2) is 29.1 Å². The van der Waals surface area contributed by atoms with Crippen molar-refractivity contribution in [2.75, 3.05) is 0 Å². The summed E-state index contributed by atoms with van der Waals surface area (Å²) in [5.74, 6) is 0.181. The third kappa shape index (κ3) is 5.45. The van der Waals surface area contributed by atoms with Crippen molar-refractivity contribution in [3.8, 4) is 5.75 Å². The minimum Gasteiger partial charge on any atom is -0.508 e. The smallest absolute Gasteiger partial charge is 0.408 e. The minimum atomic E-state index is -0.790. The van der Waals surface area contributed by atoms with Gasteiger partial charge in [-0.05, 0) is 63.4 Å². The number of phenols is 1. The third-order valence-corrected chi connectivity index (χ3v) is 2.92. The third-order valence-electron chi connectivity index (χ3n) is 2.92. The molecule has 1 amide bonds. The molecule has 0 saturated heterocycles. The van der Waals surface area contributed by atoms with Crippen molar-refractivity contribution >= 4 is 12.4 Å². The first-order valence-corrected chi connectivity index (χ1v) is 6.78. The molecule has 1 rings (SSSR count). The molecule has 0 fully saturated rings. The van der Waals surface area contributed by atoms with Crippen molar-refractivity contribution in [1.29, 1.82) is 0 Å². The van der Waals surface area contributed by atoms with Gasteiger partial charge in [-0.15, -0.1) is 0 Å². The number of aromatic hydroxyl groups is 1. The number of hydrogen-bond acceptors (Lipinski definition) is 4. The molecule has 0 aliphatic heterocycles. The van der Waals surface area contributed by atoms with Gasteiger partial charge < -0.3 is 15.2 Å². The molecule has 21 heavy (non-hydrogen) atoms. The molecule has 0 saturated carbocycles. The van der Waals surface area contributed by atoms with Gasteiger partial charge in [-0.3, -0.25) is 4.79 Å². The summed E-state index contributed by atoms with van der Waals surface area (Å²) in [6.45, 7) is 8.94. The Morgan fingerprint density at radius 2 is 1.86 bits per heavy atom. The Balaban J connectivity index is 2.80. The number of rotatable bonds is 4. The van der Waals surface area contributed by atoms with E-state index in [-0.39, 0.29) is 5.75 Å². The monoisotopic (exact) mass is 292 g/mol. The van der Waals surface area contributed by atoms with Crippen molar-refractivity contribution in [2.45, 2.75) is 52.7 Å². The second-order valence-corrected chi connectivity index (χ2v) is 6.08. The first-order valence-electron chi connectivity index (χ1n) is 6.78. The van der Waals surface area contributed by atoms with E-state index in [1.165, 1.54) is 0 Å². The minimum absolute atomic E-state index is 0.181. The Hall–Kier alpha value is -2.04. The molecule has 0 aromatic heterocycles. The molecule has 0 unspecified atom stereocenters. The van der Waals surface area contributed by atoms with Gasteiger partial charge in [-0.2, -0.15) is 0 Å². The zero-order chi connectivity index (χ0) is 16.2. The van der Waals surface area contributed by atoms with Gasteiger partial charge in [-0.1, -0.05) is 0 Å². The van der Waals surface area contributed by atoms with Crippen LogP contribution < -0.4 is 5.32 Å². The number of carbonyl (C=O) groups is 1. The normalized spacial score (nSPS) is 12.6. The average Bonchev–Trinajstić information content (AvgIpc) is 2.29. The lowest BCUT2D eigenvalue weighted by molar-refractivity contribution is 0.0517. The van der Waals surface area contributed by atoms with Crippen LogP contribution in [0.25, 0.3) is 0 Å². The first kappa shape index (κ1) is 17.0. The van der Waals surface area contributed by atoms with Crippen molar-refractivity contribution in [3.05, 3.63) is 28.8 Å². The van der Waals surface area contributed by atoms with E-state index in [1.807, 2.05) is 20.1 Å². The lowest BCUT2D eigenvalue weighted by Gasteiger charge is -2.22. The van der Waals surface area contributed by atoms with Gasteiger partial charge in [0.05, 0.1) is 0 Å². The molecular formula is C16H22NO4. The molecule has 5 heteroatoms. The number of phenolic OH excluding ortho intramolecular Hbond substituents is 1. The van der Waals surface area contributed by atoms with E-state index in [2.05, 4.69) is 5.32 Å². The average molecular weight is 292 g/mol. The molecule has 0 bridgehead atoms. The summed E-state index contributed by atoms with van der Waals surface area (Å²) in [7, 11) is 0. The van der Waals surface area contributed by atoms with Gasteiger partial charge in [0.2, 0.25) is 6.29 Å². The molecule has 5 nitrogen and oxygen atoms in total. The summed E-state index contributed by atoms with van der Waals surface area (Å²) in [5.41, 5.74) is 2.00. The van der Waals surface area contributed by atoms with Crippen molar-refractivity contribution in [3.63, 3.8) is 0 Å². The topological polar surface area (TPSA) is 75.6 Å². The Bertz CT molecular complexity index is 509. The van der Waals surface area contributed by atoms with E-state index >= 15 is 0 Å². The van der Waals surface area contributed by atoms with Crippen LogP contribution in [0.4, 0.5) is 4.79 Å². The van der Waals surface area contributed by atoms with Crippen LogP contribution in [0.2, 0.25) is 0 Å². The van der Waals surface area contributed by atoms with E-state index < -0.39 is 17.7 Å². The molecular weight excluding hydrogens is 270 g/mol. The number of benzene rings is 1. The van der Waals surface area contributed by atoms with Gasteiger partial charge in [0.1, 0.15) is 17.4 Å². The zero-order valence-corrected chi connectivity index (χ0v) is 13.1. The number of nitrogens with one attached hydrogen (secondary N) is 1. The zero-order valence-electron chi connectivity index (χ0n) is 13.1. The lowest BCUT2D eigenvalue weighted by Crippen LogP contribution is -2.41. The van der Waals surface area contributed by atoms with Crippen LogP contribution in [0.5, 0.6) is 5.75 Å². The summed E-state index contributed by atoms with van der Waals surface area (Å²) < 4.78 is 5.12. The lowest BCUT2D eigenvalue weighted by atomic mass is 9.96. The Labute approximate surface area is 125 Å². The summed E-state index contributed by atoms with van der Waals surface area (Å²) in [6.07, 6.45) is 1.47. The maximum Gasteiger partial charge on any atom is 0.408 e. The van der Waals surface area contributed by atoms with E-state index in [9.17, 15) is 14.7 Å². The van der Waals surface area contributed by atoms with Crippen LogP contribution in [-0.2, 0) is 16.0 Å². The van der Waals surface area contributed by atoms with Crippen LogP contribution in [0.1, 0.15) is 37.5 Å². The van der Waals surface area contributed by atoms with Crippen LogP contribution in [0.3, 0.4) is 0 Å². The Morgan fingerprint density at radius 1 is 1.33 bits per heavy atom. The fourth-order valence-electron chi connectivity index (χ4n) is 2.07. The standard InChI is InChI=1S/C16H22NO4/c1-10-6-13(19)7-11(2)14(10)8-12(9-18)17-15(20)21-16(3,4)5/h6-7,12,19H,8H2,1-5H3,(H,17,20)/t12-/m0/s1. The molecule has 0 heterocycles. The Morgan fingerprint density at radius 3 is 2.29 bits per heavy atom. The van der Waals surface area contributed by atoms with E-state index in [0.29, 0.717) is 6.42 Å². The van der Waals surface area contributed by atoms with Gasteiger partial charge in [0.25, 0.3) is 0 Å². The molecule has 0 aliphatic rings. The number of alkyl carbamates (subject to hydrolysis) is 1. The number of ether oxygens (including phenoxy) is 1. The van der Waals surface area contributed by atoms with Gasteiger partial charge in [0.15, 0.2) is 0 Å². The molecule has 0 spiro atoms. The molecule has 0 aliphatic carbocycles. The largest absolute Gasteiger partial charge is 0.508 e.